The minimum atomic E-state index is -1.12. The maximum Gasteiger partial charge on any atom is 0.337 e. The molecule has 46 heavy (non-hydrogen) atoms. The summed E-state index contributed by atoms with van der Waals surface area (Å²) in [5.41, 5.74) is 8.29. The summed E-state index contributed by atoms with van der Waals surface area (Å²) in [5.74, 6) is 0.204. The van der Waals surface area contributed by atoms with Gasteiger partial charge in [0.1, 0.15) is 6.61 Å². The molecule has 3 aromatic carbocycles. The van der Waals surface area contributed by atoms with Gasteiger partial charge in [0, 0.05) is 38.9 Å². The van der Waals surface area contributed by atoms with Crippen LogP contribution in [0.15, 0.2) is 87.6 Å². The molecule has 4 N–H and O–H groups in total. The van der Waals surface area contributed by atoms with Crippen molar-refractivity contribution in [2.75, 3.05) is 20.3 Å². The summed E-state index contributed by atoms with van der Waals surface area (Å²) in [6.07, 6.45) is 0.586. The van der Waals surface area contributed by atoms with Gasteiger partial charge in [0.25, 0.3) is 0 Å². The van der Waals surface area contributed by atoms with Gasteiger partial charge in [0.2, 0.25) is 0 Å². The van der Waals surface area contributed by atoms with E-state index >= 15 is 0 Å². The normalized spacial score (nSPS) is 15.4. The molecule has 0 bridgehead atoms. The molecule has 11 nitrogen and oxygen atoms in total. The number of allylic oxidation sites excluding steroid dienone is 1. The first kappa shape index (κ1) is 32.6. The molecule has 2 atom stereocenters. The van der Waals surface area contributed by atoms with E-state index < -0.39 is 24.3 Å². The highest BCUT2D eigenvalue weighted by atomic mass is 79.9. The zero-order valence-electron chi connectivity index (χ0n) is 26.0. The number of carbonyl (C=O) groups excluding carboxylic acids is 2. The number of urea groups is 1. The monoisotopic (exact) mass is 689 g/mol. The van der Waals surface area contributed by atoms with Crippen LogP contribution in [0.4, 0.5) is 4.79 Å². The second kappa shape index (κ2) is 14.5. The van der Waals surface area contributed by atoms with Crippen LogP contribution < -0.4 is 25.5 Å². The number of nitrogens with one attached hydrogen (secondary N) is 3. The van der Waals surface area contributed by atoms with E-state index in [0.717, 1.165) is 26.6 Å². The van der Waals surface area contributed by atoms with E-state index in [1.54, 1.807) is 31.3 Å². The van der Waals surface area contributed by atoms with E-state index in [1.807, 2.05) is 31.2 Å². The Labute approximate surface area is 275 Å². The fraction of sp³-hybridized carbons (Fsp3) is 0.265. The Morgan fingerprint density at radius 3 is 2.61 bits per heavy atom. The van der Waals surface area contributed by atoms with Gasteiger partial charge < -0.3 is 34.5 Å². The number of hydrogen-bond acceptors (Lipinski definition) is 8. The lowest BCUT2D eigenvalue weighted by atomic mass is 9.95. The van der Waals surface area contributed by atoms with Crippen LogP contribution in [-0.4, -0.2) is 54.4 Å². The predicted molar refractivity (Wildman–Crippen MR) is 179 cm³/mol. The zero-order chi connectivity index (χ0) is 32.8. The van der Waals surface area contributed by atoms with E-state index in [-0.39, 0.29) is 12.2 Å². The molecular formula is C34H36BrN5O6. The summed E-state index contributed by atoms with van der Waals surface area (Å²) >= 11 is 3.50. The first-order chi connectivity index (χ1) is 22.2. The molecule has 1 aliphatic heterocycles. The third-order valence-corrected chi connectivity index (χ3v) is 8.15. The van der Waals surface area contributed by atoms with Gasteiger partial charge in [-0.1, -0.05) is 52.3 Å². The molecule has 0 saturated carbocycles. The Kier molecular flexibility index (Phi) is 10.3. The number of benzene rings is 3. The molecule has 1 aromatic heterocycles. The van der Waals surface area contributed by atoms with Gasteiger partial charge in [-0.25, -0.2) is 9.59 Å². The van der Waals surface area contributed by atoms with Crippen molar-refractivity contribution in [2.24, 2.45) is 5.10 Å². The standard InChI is InChI=1S/C34H36BrN5O6/c1-5-45-29-16-23(32-31(33(42)44-4)20(2)37-34(43)38-32)12-15-28(29)46-19-30(41)39-36-17-26-21(3)40(27-9-7-6-8-25(26)27)18-22-10-13-24(35)14-11-22/h6-17,30,32,39,41H,5,18-19H2,1-4H3,(H2,37,38,43)/b36-17-/t30-,32-/m1/s1. The summed E-state index contributed by atoms with van der Waals surface area (Å²) in [6.45, 7) is 6.45. The van der Waals surface area contributed by atoms with E-state index in [4.69, 9.17) is 14.2 Å². The highest BCUT2D eigenvalue weighted by Gasteiger charge is 2.32. The van der Waals surface area contributed by atoms with Crippen LogP contribution in [0, 0.1) is 6.92 Å². The van der Waals surface area contributed by atoms with Crippen LogP contribution >= 0.6 is 15.9 Å². The molecule has 5 rings (SSSR count). The van der Waals surface area contributed by atoms with Gasteiger partial charge in [-0.05, 0) is 62.2 Å². The number of ether oxygens (including phenoxy) is 3. The summed E-state index contributed by atoms with van der Waals surface area (Å²) in [4.78, 5) is 24.7. The minimum Gasteiger partial charge on any atom is -0.490 e. The van der Waals surface area contributed by atoms with Gasteiger partial charge in [0.15, 0.2) is 17.7 Å². The molecule has 240 valence electrons. The maximum absolute atomic E-state index is 12.5. The number of hydrogen-bond donors (Lipinski definition) is 4. The fourth-order valence-electron chi connectivity index (χ4n) is 5.41. The van der Waals surface area contributed by atoms with Gasteiger partial charge >= 0.3 is 12.0 Å². The quantitative estimate of drug-likeness (QED) is 0.0688. The molecule has 0 aliphatic carbocycles. The van der Waals surface area contributed by atoms with Crippen molar-refractivity contribution >= 4 is 45.0 Å². The number of nitrogens with zero attached hydrogens (tertiary/aromatic N) is 2. The second-order valence-electron chi connectivity index (χ2n) is 10.6. The van der Waals surface area contributed by atoms with Crippen LogP contribution in [0.5, 0.6) is 11.5 Å². The number of halogens is 1. The Morgan fingerprint density at radius 2 is 1.87 bits per heavy atom. The lowest BCUT2D eigenvalue weighted by Crippen LogP contribution is -2.45. The molecule has 2 amide bonds. The highest BCUT2D eigenvalue weighted by Crippen LogP contribution is 2.35. The summed E-state index contributed by atoms with van der Waals surface area (Å²) < 4.78 is 19.9. The summed E-state index contributed by atoms with van der Waals surface area (Å²) in [5, 5.41) is 21.4. The van der Waals surface area contributed by atoms with Crippen molar-refractivity contribution in [1.29, 1.82) is 0 Å². The van der Waals surface area contributed by atoms with Crippen molar-refractivity contribution in [3.05, 3.63) is 105 Å². The average Bonchev–Trinajstić information content (AvgIpc) is 3.30. The van der Waals surface area contributed by atoms with Crippen molar-refractivity contribution in [3.63, 3.8) is 0 Å². The lowest BCUT2D eigenvalue weighted by Gasteiger charge is -2.28. The number of hydrazone groups is 1. The van der Waals surface area contributed by atoms with Crippen molar-refractivity contribution in [1.82, 2.24) is 20.6 Å². The van der Waals surface area contributed by atoms with Crippen LogP contribution in [0.3, 0.4) is 0 Å². The maximum atomic E-state index is 12.5. The number of aliphatic hydroxyl groups excluding tert-OH is 1. The van der Waals surface area contributed by atoms with E-state index in [0.29, 0.717) is 35.9 Å². The van der Waals surface area contributed by atoms with E-state index in [1.165, 1.54) is 12.7 Å². The zero-order valence-corrected chi connectivity index (χ0v) is 27.6. The molecular weight excluding hydrogens is 654 g/mol. The summed E-state index contributed by atoms with van der Waals surface area (Å²) in [7, 11) is 1.28. The Bertz CT molecular complexity index is 1800. The predicted octanol–water partition coefficient (Wildman–Crippen LogP) is 5.28. The average molecular weight is 691 g/mol. The first-order valence-corrected chi connectivity index (χ1v) is 15.5. The Morgan fingerprint density at radius 1 is 1.11 bits per heavy atom. The molecule has 0 unspecified atom stereocenters. The topological polar surface area (TPSA) is 135 Å². The second-order valence-corrected chi connectivity index (χ2v) is 11.6. The fourth-order valence-corrected chi connectivity index (χ4v) is 5.67. The van der Waals surface area contributed by atoms with Crippen molar-refractivity contribution in [3.8, 4) is 11.5 Å². The number of rotatable bonds is 12. The van der Waals surface area contributed by atoms with E-state index in [9.17, 15) is 14.7 Å². The van der Waals surface area contributed by atoms with Gasteiger partial charge in [-0.2, -0.15) is 5.10 Å². The van der Waals surface area contributed by atoms with E-state index in [2.05, 4.69) is 72.8 Å². The first-order valence-electron chi connectivity index (χ1n) is 14.7. The summed E-state index contributed by atoms with van der Waals surface area (Å²) in [6, 6.07) is 20.3. The number of aliphatic hydroxyl groups is 1. The number of para-hydroxylation sites is 1. The van der Waals surface area contributed by atoms with Gasteiger partial charge in [-0.3, -0.25) is 5.43 Å². The third kappa shape index (κ3) is 7.19. The molecule has 0 saturated heterocycles. The number of amides is 2. The molecule has 0 spiro atoms. The highest BCUT2D eigenvalue weighted by molar-refractivity contribution is 9.10. The van der Waals surface area contributed by atoms with Crippen LogP contribution in [-0.2, 0) is 16.1 Å². The largest absolute Gasteiger partial charge is 0.490 e. The number of aromatic nitrogens is 1. The number of fused-ring (bicyclic) bond motifs is 1. The molecule has 1 aliphatic rings. The van der Waals surface area contributed by atoms with Crippen LogP contribution in [0.25, 0.3) is 10.9 Å². The number of carbonyl (C=O) groups is 2. The molecule has 0 radical (unpaired) electrons. The molecule has 0 fully saturated rings. The van der Waals surface area contributed by atoms with Crippen molar-refractivity contribution < 1.29 is 28.9 Å². The van der Waals surface area contributed by atoms with Crippen LogP contribution in [0.2, 0.25) is 0 Å². The SMILES string of the molecule is CCOc1cc([C@H]2NC(=O)NC(C)=C2C(=O)OC)ccc1OC[C@@H](O)N/N=C\c1c(C)n(Cc2ccc(Br)cc2)c2ccccc12. The molecule has 2 heterocycles. The minimum absolute atomic E-state index is 0.127. The lowest BCUT2D eigenvalue weighted by molar-refractivity contribution is -0.136. The molecule has 4 aromatic rings. The number of esters is 1. The Balaban J connectivity index is 1.28. The smallest absolute Gasteiger partial charge is 0.337 e. The van der Waals surface area contributed by atoms with Gasteiger partial charge in [0.05, 0.1) is 31.5 Å². The molecule has 12 heteroatoms. The van der Waals surface area contributed by atoms with Gasteiger partial charge in [-0.15, -0.1) is 0 Å². The Hall–Kier alpha value is -4.81. The van der Waals surface area contributed by atoms with Crippen molar-refractivity contribution in [2.45, 2.75) is 39.6 Å². The third-order valence-electron chi connectivity index (χ3n) is 7.62. The number of methoxy groups -OCH3 is 1. The van der Waals surface area contributed by atoms with Crippen LogP contribution in [0.1, 0.15) is 42.3 Å².